The molecule has 0 aliphatic heterocycles. The number of likely N-dealkylation sites (N-methyl/N-ethyl adjacent to an activating group) is 1. The van der Waals surface area contributed by atoms with Crippen molar-refractivity contribution < 1.29 is 13.2 Å². The molecule has 0 radical (unpaired) electrons. The van der Waals surface area contributed by atoms with E-state index in [0.29, 0.717) is 18.7 Å². The molecule has 1 atom stereocenters. The topological polar surface area (TPSA) is 69.7 Å². The second kappa shape index (κ2) is 7.53. The van der Waals surface area contributed by atoms with Crippen molar-refractivity contribution in [2.75, 3.05) is 27.2 Å². The summed E-state index contributed by atoms with van der Waals surface area (Å²) in [4.78, 5) is 14.2. The van der Waals surface area contributed by atoms with Crippen molar-refractivity contribution in [3.63, 3.8) is 0 Å². The molecule has 0 aromatic heterocycles. The first-order valence-electron chi connectivity index (χ1n) is 6.87. The maximum Gasteiger partial charge on any atom is 0.279 e. The summed E-state index contributed by atoms with van der Waals surface area (Å²) in [6, 6.07) is 7.94. The monoisotopic (exact) mass is 313 g/mol. The Labute approximate surface area is 126 Å². The van der Waals surface area contributed by atoms with Gasteiger partial charge in [0.1, 0.15) is 6.04 Å². The number of nitrogens with one attached hydrogen (secondary N) is 1. The molecule has 1 N–H and O–H groups in total. The lowest BCUT2D eigenvalue weighted by Gasteiger charge is -2.27. The molecule has 7 heteroatoms. The molecule has 0 aliphatic rings. The van der Waals surface area contributed by atoms with Gasteiger partial charge in [0.15, 0.2) is 0 Å². The van der Waals surface area contributed by atoms with Crippen LogP contribution in [-0.2, 0) is 15.0 Å². The first-order chi connectivity index (χ1) is 9.83. The summed E-state index contributed by atoms with van der Waals surface area (Å²) in [5.74, 6) is -0.253. The predicted molar refractivity (Wildman–Crippen MR) is 82.9 cm³/mol. The standard InChI is InChI=1S/C14H23N3O3S/c1-5-17(6-2)14(18)13(12-10-8-7-9-11-12)15-21(19,20)16(3)4/h7-11,13,15H,5-6H2,1-4H3/t13-/m0/s1. The van der Waals surface area contributed by atoms with Gasteiger partial charge in [0.2, 0.25) is 5.91 Å². The van der Waals surface area contributed by atoms with Crippen molar-refractivity contribution in [1.29, 1.82) is 0 Å². The van der Waals surface area contributed by atoms with E-state index < -0.39 is 16.3 Å². The molecule has 0 saturated heterocycles. The number of hydrogen-bond acceptors (Lipinski definition) is 3. The molecule has 1 amide bonds. The van der Waals surface area contributed by atoms with E-state index in [9.17, 15) is 13.2 Å². The third kappa shape index (κ3) is 4.52. The molecule has 0 unspecified atom stereocenters. The largest absolute Gasteiger partial charge is 0.342 e. The van der Waals surface area contributed by atoms with Crippen LogP contribution in [0.25, 0.3) is 0 Å². The van der Waals surface area contributed by atoms with Crippen LogP contribution in [-0.4, -0.2) is 50.7 Å². The maximum atomic E-state index is 12.6. The van der Waals surface area contributed by atoms with Crippen molar-refractivity contribution in [1.82, 2.24) is 13.9 Å². The van der Waals surface area contributed by atoms with E-state index in [0.717, 1.165) is 4.31 Å². The van der Waals surface area contributed by atoms with Crippen LogP contribution < -0.4 is 4.72 Å². The predicted octanol–water partition coefficient (Wildman–Crippen LogP) is 0.992. The minimum atomic E-state index is -3.70. The molecule has 0 heterocycles. The number of nitrogens with zero attached hydrogens (tertiary/aromatic N) is 2. The van der Waals surface area contributed by atoms with Crippen LogP contribution in [0.15, 0.2) is 30.3 Å². The molecule has 118 valence electrons. The van der Waals surface area contributed by atoms with Gasteiger partial charge in [0.25, 0.3) is 10.2 Å². The van der Waals surface area contributed by atoms with Crippen molar-refractivity contribution in [3.8, 4) is 0 Å². The fraction of sp³-hybridized carbons (Fsp3) is 0.500. The van der Waals surface area contributed by atoms with Gasteiger partial charge in [0.05, 0.1) is 0 Å². The minimum Gasteiger partial charge on any atom is -0.342 e. The van der Waals surface area contributed by atoms with E-state index in [4.69, 9.17) is 0 Å². The molecule has 1 aromatic rings. The average Bonchev–Trinajstić information content (AvgIpc) is 2.46. The van der Waals surface area contributed by atoms with Crippen LogP contribution in [0.1, 0.15) is 25.5 Å². The Balaban J connectivity index is 3.16. The third-order valence-corrected chi connectivity index (χ3v) is 4.70. The van der Waals surface area contributed by atoms with Crippen LogP contribution in [0.5, 0.6) is 0 Å². The zero-order valence-corrected chi connectivity index (χ0v) is 13.7. The number of carbonyl (C=O) groups excluding carboxylic acids is 1. The molecule has 21 heavy (non-hydrogen) atoms. The second-order valence-electron chi connectivity index (χ2n) is 4.76. The molecule has 1 rings (SSSR count). The van der Waals surface area contributed by atoms with Gasteiger partial charge >= 0.3 is 0 Å². The first-order valence-corrected chi connectivity index (χ1v) is 8.31. The highest BCUT2D eigenvalue weighted by atomic mass is 32.2. The highest BCUT2D eigenvalue weighted by molar-refractivity contribution is 7.87. The van der Waals surface area contributed by atoms with Crippen molar-refractivity contribution in [3.05, 3.63) is 35.9 Å². The molecule has 0 fully saturated rings. The SMILES string of the molecule is CCN(CC)C(=O)[C@@H](NS(=O)(=O)N(C)C)c1ccccc1. The Morgan fingerprint density at radius 1 is 1.14 bits per heavy atom. The Morgan fingerprint density at radius 3 is 2.10 bits per heavy atom. The normalized spacial score (nSPS) is 13.2. The molecule has 0 bridgehead atoms. The lowest BCUT2D eigenvalue weighted by atomic mass is 10.1. The quantitative estimate of drug-likeness (QED) is 0.816. The van der Waals surface area contributed by atoms with Gasteiger partial charge in [-0.1, -0.05) is 30.3 Å². The molecular weight excluding hydrogens is 290 g/mol. The van der Waals surface area contributed by atoms with E-state index in [2.05, 4.69) is 4.72 Å². The van der Waals surface area contributed by atoms with Gasteiger partial charge < -0.3 is 4.90 Å². The second-order valence-corrected chi connectivity index (χ2v) is 6.68. The summed E-state index contributed by atoms with van der Waals surface area (Å²) in [6.45, 7) is 4.79. The minimum absolute atomic E-state index is 0.253. The summed E-state index contributed by atoms with van der Waals surface area (Å²) in [7, 11) is -0.859. The molecule has 0 aliphatic carbocycles. The van der Waals surface area contributed by atoms with E-state index in [-0.39, 0.29) is 5.91 Å². The summed E-state index contributed by atoms with van der Waals surface area (Å²) >= 11 is 0. The highest BCUT2D eigenvalue weighted by Gasteiger charge is 2.29. The fourth-order valence-corrected chi connectivity index (χ4v) is 2.62. The Bertz CT molecular complexity index is 554. The summed E-state index contributed by atoms with van der Waals surface area (Å²) < 4.78 is 27.6. The Kier molecular flexibility index (Phi) is 6.32. The smallest absolute Gasteiger partial charge is 0.279 e. The summed E-state index contributed by atoms with van der Waals surface area (Å²) in [6.07, 6.45) is 0. The molecule has 0 saturated carbocycles. The zero-order valence-electron chi connectivity index (χ0n) is 12.9. The summed E-state index contributed by atoms with van der Waals surface area (Å²) in [5, 5.41) is 0. The zero-order chi connectivity index (χ0) is 16.0. The van der Waals surface area contributed by atoms with Crippen LogP contribution in [0.3, 0.4) is 0 Å². The van der Waals surface area contributed by atoms with Gasteiger partial charge in [-0.2, -0.15) is 17.4 Å². The molecule has 6 nitrogen and oxygen atoms in total. The molecule has 0 spiro atoms. The number of benzene rings is 1. The maximum absolute atomic E-state index is 12.6. The number of amides is 1. The number of carbonyl (C=O) groups is 1. The Hall–Kier alpha value is -1.44. The van der Waals surface area contributed by atoms with E-state index in [1.54, 1.807) is 29.2 Å². The van der Waals surface area contributed by atoms with Crippen LogP contribution in [0.2, 0.25) is 0 Å². The molecule has 1 aromatic carbocycles. The van der Waals surface area contributed by atoms with Crippen LogP contribution in [0, 0.1) is 0 Å². The number of hydrogen-bond donors (Lipinski definition) is 1. The van der Waals surface area contributed by atoms with Crippen molar-refractivity contribution >= 4 is 16.1 Å². The average molecular weight is 313 g/mol. The highest BCUT2D eigenvalue weighted by Crippen LogP contribution is 2.17. The van der Waals surface area contributed by atoms with Crippen molar-refractivity contribution in [2.45, 2.75) is 19.9 Å². The van der Waals surface area contributed by atoms with Gasteiger partial charge in [0, 0.05) is 27.2 Å². The number of rotatable bonds is 7. The molecular formula is C14H23N3O3S. The van der Waals surface area contributed by atoms with E-state index in [1.807, 2.05) is 19.9 Å². The Morgan fingerprint density at radius 2 is 1.67 bits per heavy atom. The van der Waals surface area contributed by atoms with Crippen LogP contribution >= 0.6 is 0 Å². The lowest BCUT2D eigenvalue weighted by Crippen LogP contribution is -2.46. The third-order valence-electron chi connectivity index (χ3n) is 3.20. The van der Waals surface area contributed by atoms with E-state index in [1.165, 1.54) is 14.1 Å². The van der Waals surface area contributed by atoms with Crippen molar-refractivity contribution in [2.24, 2.45) is 0 Å². The van der Waals surface area contributed by atoms with E-state index >= 15 is 0 Å². The van der Waals surface area contributed by atoms with Gasteiger partial charge in [-0.25, -0.2) is 0 Å². The lowest BCUT2D eigenvalue weighted by molar-refractivity contribution is -0.132. The van der Waals surface area contributed by atoms with Gasteiger partial charge in [-0.15, -0.1) is 0 Å². The van der Waals surface area contributed by atoms with Gasteiger partial charge in [-0.3, -0.25) is 4.79 Å². The van der Waals surface area contributed by atoms with Crippen LogP contribution in [0.4, 0.5) is 0 Å². The fourth-order valence-electron chi connectivity index (χ4n) is 1.88. The summed E-state index contributed by atoms with van der Waals surface area (Å²) in [5.41, 5.74) is 0.625. The first kappa shape index (κ1) is 17.6. The van der Waals surface area contributed by atoms with Gasteiger partial charge in [-0.05, 0) is 19.4 Å².